The van der Waals surface area contributed by atoms with Crippen LogP contribution in [0.1, 0.15) is 4.11 Å². The average molecular weight is 122 g/mol. The molecule has 0 fully saturated rings. The Bertz CT molecular complexity index is 334. The number of hydrogen-bond donors (Lipinski definition) is 0. The van der Waals surface area contributed by atoms with E-state index in [1.807, 2.05) is 0 Å². The zero-order valence-corrected chi connectivity index (χ0v) is 4.50. The number of hydrogen-bond acceptors (Lipinski definition) is 1. The molecule has 1 aromatic carbocycles. The second-order valence-electron chi connectivity index (χ2n) is 1.28. The molecule has 1 rings (SSSR count). The second-order valence-corrected chi connectivity index (χ2v) is 1.28. The van der Waals surface area contributed by atoms with Crippen LogP contribution in [-0.4, -0.2) is 0 Å². The van der Waals surface area contributed by atoms with Gasteiger partial charge in [0.25, 0.3) is 0 Å². The van der Waals surface area contributed by atoms with Crippen molar-refractivity contribution >= 4 is 5.69 Å². The van der Waals surface area contributed by atoms with Crippen molar-refractivity contribution < 1.29 is 4.11 Å². The van der Waals surface area contributed by atoms with Crippen molar-refractivity contribution in [3.05, 3.63) is 40.7 Å². The third-order valence-corrected chi connectivity index (χ3v) is 0.729. The highest BCUT2D eigenvalue weighted by Crippen LogP contribution is 2.08. The minimum Gasteiger partial charge on any atom is -0.0622 e. The van der Waals surface area contributed by atoms with Crippen molar-refractivity contribution in [2.24, 2.45) is 5.11 Å². The molecule has 1 aromatic rings. The van der Waals surface area contributed by atoms with Crippen LogP contribution in [0.5, 0.6) is 0 Å². The summed E-state index contributed by atoms with van der Waals surface area (Å²) in [4.78, 5) is 2.48. The summed E-state index contributed by atoms with van der Waals surface area (Å²) in [5.41, 5.74) is 8.05. The summed E-state index contributed by atoms with van der Waals surface area (Å²) in [5.74, 6) is 0. The Kier molecular flexibility index (Phi) is 0.883. The molecule has 0 aliphatic carbocycles. The van der Waals surface area contributed by atoms with Crippen molar-refractivity contribution in [2.45, 2.75) is 0 Å². The predicted molar refractivity (Wildman–Crippen MR) is 35.2 cm³/mol. The van der Waals surface area contributed by atoms with E-state index in [-0.39, 0.29) is 23.8 Å². The number of azide groups is 1. The molecular formula is C6H5N3. The molecule has 0 aliphatic rings. The molecule has 44 valence electrons. The summed E-state index contributed by atoms with van der Waals surface area (Å²) < 4.78 is 21.6. The smallest absolute Gasteiger partial charge is 0.0622 e. The van der Waals surface area contributed by atoms with Gasteiger partial charge in [0.1, 0.15) is 0 Å². The van der Waals surface area contributed by atoms with Gasteiger partial charge in [-0.25, -0.2) is 0 Å². The number of benzene rings is 1. The zero-order chi connectivity index (χ0) is 9.14. The van der Waals surface area contributed by atoms with Gasteiger partial charge in [0.15, 0.2) is 0 Å². The summed E-state index contributed by atoms with van der Waals surface area (Å²) in [7, 11) is 0. The molecule has 0 bridgehead atoms. The van der Waals surface area contributed by atoms with Crippen LogP contribution in [0, 0.1) is 0 Å². The van der Waals surface area contributed by atoms with Crippen LogP contribution in [0.4, 0.5) is 5.69 Å². The summed E-state index contributed by atoms with van der Waals surface area (Å²) >= 11 is 0. The van der Waals surface area contributed by atoms with E-state index in [1.165, 1.54) is 12.1 Å². The Morgan fingerprint density at radius 2 is 2.22 bits per heavy atom. The molecular weight excluding hydrogens is 114 g/mol. The van der Waals surface area contributed by atoms with Crippen molar-refractivity contribution in [3.8, 4) is 0 Å². The topological polar surface area (TPSA) is 48.8 Å². The fourth-order valence-electron chi connectivity index (χ4n) is 0.406. The SMILES string of the molecule is [2H]c1cc([2H])c(N=[N+]=[N-])c([2H])c1. The highest BCUT2D eigenvalue weighted by Gasteiger charge is 1.78. The van der Waals surface area contributed by atoms with Crippen LogP contribution in [-0.2, 0) is 0 Å². The molecule has 0 saturated heterocycles. The molecule has 0 amide bonds. The highest BCUT2D eigenvalue weighted by molar-refractivity contribution is 5.35. The maximum absolute atomic E-state index is 8.08. The van der Waals surface area contributed by atoms with Crippen LogP contribution in [0.15, 0.2) is 35.4 Å². The lowest BCUT2D eigenvalue weighted by molar-refractivity contribution is 1.48. The second kappa shape index (κ2) is 2.74. The molecule has 0 unspecified atom stereocenters. The largest absolute Gasteiger partial charge is 0.0627 e. The lowest BCUT2D eigenvalue weighted by atomic mass is 10.3. The minimum absolute atomic E-state index is 0.0338. The molecule has 3 nitrogen and oxygen atoms in total. The first kappa shape index (κ1) is 2.90. The molecule has 0 N–H and O–H groups in total. The molecule has 0 aromatic heterocycles. The summed E-state index contributed by atoms with van der Waals surface area (Å²) in [6.07, 6.45) is 0. The third kappa shape index (κ3) is 1.48. The van der Waals surface area contributed by atoms with Crippen LogP contribution in [0.3, 0.4) is 0 Å². The Labute approximate surface area is 56.8 Å². The summed E-state index contributed by atoms with van der Waals surface area (Å²) in [6.45, 7) is 0. The fraction of sp³-hybridized carbons (Fsp3) is 0. The van der Waals surface area contributed by atoms with Gasteiger partial charge in [-0.2, -0.15) is 0 Å². The van der Waals surface area contributed by atoms with E-state index in [9.17, 15) is 0 Å². The van der Waals surface area contributed by atoms with Gasteiger partial charge in [-0.15, -0.1) is 0 Å². The Morgan fingerprint density at radius 3 is 2.78 bits per heavy atom. The number of rotatable bonds is 1. The zero-order valence-electron chi connectivity index (χ0n) is 7.50. The normalized spacial score (nSPS) is 12.7. The maximum Gasteiger partial charge on any atom is 0.0627 e. The molecule has 0 saturated carbocycles. The van der Waals surface area contributed by atoms with Crippen molar-refractivity contribution in [1.82, 2.24) is 0 Å². The molecule has 0 aliphatic heterocycles. The van der Waals surface area contributed by atoms with E-state index in [0.717, 1.165) is 0 Å². The first-order chi connectivity index (χ1) is 5.65. The molecule has 0 atom stereocenters. The molecule has 3 heteroatoms. The van der Waals surface area contributed by atoms with E-state index in [4.69, 9.17) is 9.64 Å². The summed E-state index contributed by atoms with van der Waals surface area (Å²) in [5, 5.41) is 3.17. The molecule has 9 heavy (non-hydrogen) atoms. The van der Waals surface area contributed by atoms with Crippen LogP contribution in [0.25, 0.3) is 10.4 Å². The van der Waals surface area contributed by atoms with Gasteiger partial charge < -0.3 is 0 Å². The standard InChI is InChI=1S/C6H5N3/c7-9-8-6-4-2-1-3-5-6/h1-5H/i1D,4D,5D. The third-order valence-electron chi connectivity index (χ3n) is 0.729. The Morgan fingerprint density at radius 1 is 1.56 bits per heavy atom. The van der Waals surface area contributed by atoms with Gasteiger partial charge in [-0.3, -0.25) is 0 Å². The van der Waals surface area contributed by atoms with Crippen molar-refractivity contribution in [1.29, 1.82) is 0 Å². The van der Waals surface area contributed by atoms with Crippen molar-refractivity contribution in [3.63, 3.8) is 0 Å². The first-order valence-corrected chi connectivity index (χ1v) is 2.28. The lowest BCUT2D eigenvalue weighted by Gasteiger charge is -1.83. The van der Waals surface area contributed by atoms with Crippen molar-refractivity contribution in [2.75, 3.05) is 0 Å². The van der Waals surface area contributed by atoms with E-state index < -0.39 is 0 Å². The van der Waals surface area contributed by atoms with Crippen LogP contribution < -0.4 is 0 Å². The Hall–Kier alpha value is -1.47. The van der Waals surface area contributed by atoms with E-state index in [2.05, 4.69) is 10.0 Å². The molecule has 0 spiro atoms. The minimum atomic E-state index is -0.0923. The van der Waals surface area contributed by atoms with Crippen LogP contribution >= 0.6 is 0 Å². The quantitative estimate of drug-likeness (QED) is 0.312. The van der Waals surface area contributed by atoms with Gasteiger partial charge >= 0.3 is 0 Å². The maximum atomic E-state index is 8.08. The average Bonchev–Trinajstić information content (AvgIpc) is 1.96. The fourth-order valence-corrected chi connectivity index (χ4v) is 0.406. The van der Waals surface area contributed by atoms with E-state index in [1.54, 1.807) is 0 Å². The van der Waals surface area contributed by atoms with Gasteiger partial charge in [0.2, 0.25) is 0 Å². The summed E-state index contributed by atoms with van der Waals surface area (Å²) in [6, 6.07) is 2.34. The Balaban J connectivity index is 3.37. The van der Waals surface area contributed by atoms with E-state index in [0.29, 0.717) is 0 Å². The van der Waals surface area contributed by atoms with E-state index >= 15 is 0 Å². The number of nitrogens with zero attached hydrogens (tertiary/aromatic N) is 3. The predicted octanol–water partition coefficient (Wildman–Crippen LogP) is 2.63. The lowest BCUT2D eigenvalue weighted by Crippen LogP contribution is -1.56. The van der Waals surface area contributed by atoms with Gasteiger partial charge in [-0.1, -0.05) is 35.4 Å². The van der Waals surface area contributed by atoms with Gasteiger partial charge in [-0.05, 0) is 5.53 Å². The monoisotopic (exact) mass is 122 g/mol. The first-order valence-electron chi connectivity index (χ1n) is 3.78. The molecule has 0 heterocycles. The molecule has 0 radical (unpaired) electrons. The highest BCUT2D eigenvalue weighted by atomic mass is 15.1. The van der Waals surface area contributed by atoms with Gasteiger partial charge in [0.05, 0.1) is 4.11 Å². The van der Waals surface area contributed by atoms with Gasteiger partial charge in [0, 0.05) is 10.6 Å². The van der Waals surface area contributed by atoms with Crippen LogP contribution in [0.2, 0.25) is 0 Å².